The lowest BCUT2D eigenvalue weighted by Crippen LogP contribution is -2.22. The first-order chi connectivity index (χ1) is 14.5. The maximum atomic E-state index is 12.8. The van der Waals surface area contributed by atoms with E-state index in [1.807, 2.05) is 0 Å². The van der Waals surface area contributed by atoms with Crippen molar-refractivity contribution in [2.24, 2.45) is 0 Å². The number of rotatable bonds is 7. The Morgan fingerprint density at radius 1 is 1.27 bits per heavy atom. The van der Waals surface area contributed by atoms with E-state index in [4.69, 9.17) is 9.47 Å². The summed E-state index contributed by atoms with van der Waals surface area (Å²) in [7, 11) is 3.04. The van der Waals surface area contributed by atoms with Gasteiger partial charge in [0, 0.05) is 18.0 Å². The van der Waals surface area contributed by atoms with Gasteiger partial charge in [-0.25, -0.2) is 9.37 Å². The van der Waals surface area contributed by atoms with E-state index in [0.717, 1.165) is 5.56 Å². The van der Waals surface area contributed by atoms with Crippen molar-refractivity contribution in [2.75, 3.05) is 25.8 Å². The third kappa shape index (κ3) is 3.57. The molecule has 30 heavy (non-hydrogen) atoms. The first-order valence-corrected chi connectivity index (χ1v) is 9.20. The van der Waals surface area contributed by atoms with Gasteiger partial charge in [-0.2, -0.15) is 5.10 Å². The lowest BCUT2D eigenvalue weighted by atomic mass is 10.1. The van der Waals surface area contributed by atoms with Crippen LogP contribution in [0.15, 0.2) is 36.8 Å². The summed E-state index contributed by atoms with van der Waals surface area (Å²) in [5.74, 6) is 0.664. The number of ether oxygens (including phenoxy) is 2. The van der Waals surface area contributed by atoms with E-state index in [1.165, 1.54) is 25.1 Å². The molecule has 4 rings (SSSR count). The van der Waals surface area contributed by atoms with Crippen LogP contribution in [0.3, 0.4) is 0 Å². The molecule has 1 atom stereocenters. The number of nitrogens with zero attached hydrogens (tertiary/aromatic N) is 5. The van der Waals surface area contributed by atoms with Crippen LogP contribution in [0.5, 0.6) is 11.6 Å². The van der Waals surface area contributed by atoms with E-state index >= 15 is 0 Å². The molecule has 10 heteroatoms. The minimum atomic E-state index is -1.14. The zero-order valence-corrected chi connectivity index (χ0v) is 16.4. The Balaban J connectivity index is 1.59. The quantitative estimate of drug-likeness (QED) is 0.631. The van der Waals surface area contributed by atoms with Crippen molar-refractivity contribution in [3.8, 4) is 22.9 Å². The number of fused-ring (bicyclic) bond motifs is 1. The van der Waals surface area contributed by atoms with Crippen molar-refractivity contribution in [2.45, 2.75) is 19.2 Å². The molecule has 156 valence electrons. The van der Waals surface area contributed by atoms with E-state index in [-0.39, 0.29) is 19.0 Å². The zero-order chi connectivity index (χ0) is 21.3. The van der Waals surface area contributed by atoms with Crippen molar-refractivity contribution in [1.29, 1.82) is 0 Å². The number of aliphatic hydroxyl groups excluding tert-OH is 1. The largest absolute Gasteiger partial charge is 0.491 e. The first-order valence-electron chi connectivity index (χ1n) is 9.20. The molecule has 0 aromatic carbocycles. The summed E-state index contributed by atoms with van der Waals surface area (Å²) >= 11 is 0. The molecule has 3 aromatic rings. The second kappa shape index (κ2) is 8.07. The van der Waals surface area contributed by atoms with Gasteiger partial charge in [0.1, 0.15) is 12.8 Å². The molecule has 9 nitrogen and oxygen atoms in total. The van der Waals surface area contributed by atoms with Crippen LogP contribution in [-0.4, -0.2) is 57.8 Å². The maximum Gasteiger partial charge on any atom is 0.260 e. The van der Waals surface area contributed by atoms with E-state index < -0.39 is 12.8 Å². The minimum absolute atomic E-state index is 0.0141. The monoisotopic (exact) mass is 413 g/mol. The molecule has 0 saturated heterocycles. The Kier molecular flexibility index (Phi) is 5.32. The fraction of sp³-hybridized carbons (Fsp3) is 0.300. The summed E-state index contributed by atoms with van der Waals surface area (Å²) in [5, 5.41) is 13.5. The number of pyridine rings is 2. The second-order valence-electron chi connectivity index (χ2n) is 6.75. The molecular weight excluding hydrogens is 393 g/mol. The lowest BCUT2D eigenvalue weighted by molar-refractivity contribution is 0.0996. The number of halogens is 1. The number of methoxy groups -OCH3 is 2. The number of amides is 1. The molecule has 1 aliphatic heterocycles. The zero-order valence-electron chi connectivity index (χ0n) is 16.4. The van der Waals surface area contributed by atoms with Crippen LogP contribution >= 0.6 is 0 Å². The Bertz CT molecular complexity index is 1090. The van der Waals surface area contributed by atoms with Crippen molar-refractivity contribution < 1.29 is 23.8 Å². The Morgan fingerprint density at radius 2 is 2.10 bits per heavy atom. The molecule has 1 unspecified atom stereocenters. The number of anilines is 1. The molecule has 0 bridgehead atoms. The molecule has 1 amide bonds. The van der Waals surface area contributed by atoms with Crippen LogP contribution in [0.25, 0.3) is 11.3 Å². The van der Waals surface area contributed by atoms with Gasteiger partial charge in [-0.3, -0.25) is 19.4 Å². The predicted octanol–water partition coefficient (Wildman–Crippen LogP) is 1.85. The molecule has 4 heterocycles. The average Bonchev–Trinajstić information content (AvgIpc) is 3.36. The van der Waals surface area contributed by atoms with E-state index in [0.29, 0.717) is 34.3 Å². The van der Waals surface area contributed by atoms with Crippen LogP contribution in [0.4, 0.5) is 10.1 Å². The van der Waals surface area contributed by atoms with Gasteiger partial charge in [0.05, 0.1) is 56.1 Å². The van der Waals surface area contributed by atoms with Crippen LogP contribution in [0.2, 0.25) is 0 Å². The maximum absolute atomic E-state index is 12.8. The van der Waals surface area contributed by atoms with Gasteiger partial charge in [-0.05, 0) is 18.2 Å². The van der Waals surface area contributed by atoms with Crippen molar-refractivity contribution in [1.82, 2.24) is 19.7 Å². The van der Waals surface area contributed by atoms with Gasteiger partial charge in [-0.15, -0.1) is 0 Å². The third-order valence-corrected chi connectivity index (χ3v) is 4.79. The van der Waals surface area contributed by atoms with E-state index in [1.54, 1.807) is 35.5 Å². The normalized spacial score (nSPS) is 14.0. The predicted molar refractivity (Wildman–Crippen MR) is 105 cm³/mol. The van der Waals surface area contributed by atoms with E-state index in [2.05, 4.69) is 15.1 Å². The summed E-state index contributed by atoms with van der Waals surface area (Å²) in [6.45, 7) is -0.568. The fourth-order valence-electron chi connectivity index (χ4n) is 3.28. The highest BCUT2D eigenvalue weighted by Gasteiger charge is 2.31. The van der Waals surface area contributed by atoms with Crippen LogP contribution < -0.4 is 14.4 Å². The third-order valence-electron chi connectivity index (χ3n) is 4.79. The van der Waals surface area contributed by atoms with Crippen LogP contribution in [0.1, 0.15) is 16.1 Å². The summed E-state index contributed by atoms with van der Waals surface area (Å²) < 4.78 is 24.4. The van der Waals surface area contributed by atoms with Crippen LogP contribution in [0, 0.1) is 0 Å². The topological polar surface area (TPSA) is 103 Å². The fourth-order valence-corrected chi connectivity index (χ4v) is 3.28. The van der Waals surface area contributed by atoms with Gasteiger partial charge < -0.3 is 14.6 Å². The van der Waals surface area contributed by atoms with Gasteiger partial charge in [0.15, 0.2) is 5.75 Å². The number of aromatic nitrogens is 4. The number of hydrogen-bond acceptors (Lipinski definition) is 7. The highest BCUT2D eigenvalue weighted by molar-refractivity contribution is 6.09. The molecule has 0 radical (unpaired) electrons. The summed E-state index contributed by atoms with van der Waals surface area (Å²) in [5.41, 5.74) is 3.07. The Labute approximate surface area is 171 Å². The van der Waals surface area contributed by atoms with Crippen molar-refractivity contribution in [3.05, 3.63) is 48.0 Å². The molecule has 0 aliphatic carbocycles. The number of hydrogen-bond donors (Lipinski definition) is 1. The van der Waals surface area contributed by atoms with Crippen LogP contribution in [-0.2, 0) is 13.1 Å². The van der Waals surface area contributed by atoms with Gasteiger partial charge >= 0.3 is 0 Å². The summed E-state index contributed by atoms with van der Waals surface area (Å²) in [4.78, 5) is 23.2. The molecule has 3 aromatic heterocycles. The molecule has 1 N–H and O–H groups in total. The summed E-state index contributed by atoms with van der Waals surface area (Å²) in [6, 6.07) is 5.26. The van der Waals surface area contributed by atoms with E-state index in [9.17, 15) is 14.3 Å². The number of aliphatic hydroxyl groups is 1. The minimum Gasteiger partial charge on any atom is -0.491 e. The number of alkyl halides is 1. The molecule has 0 saturated carbocycles. The van der Waals surface area contributed by atoms with Crippen molar-refractivity contribution in [3.63, 3.8) is 0 Å². The number of carbonyl (C=O) groups excluding carboxylic acids is 1. The van der Waals surface area contributed by atoms with Crippen molar-refractivity contribution >= 4 is 11.6 Å². The Morgan fingerprint density at radius 3 is 2.83 bits per heavy atom. The first kappa shape index (κ1) is 19.8. The van der Waals surface area contributed by atoms with Gasteiger partial charge in [0.25, 0.3) is 11.8 Å². The second-order valence-corrected chi connectivity index (χ2v) is 6.75. The molecule has 0 fully saturated rings. The molecule has 0 spiro atoms. The highest BCUT2D eigenvalue weighted by Crippen LogP contribution is 2.32. The highest BCUT2D eigenvalue weighted by atomic mass is 19.1. The number of carbonyl (C=O) groups is 1. The van der Waals surface area contributed by atoms with Gasteiger partial charge in [0.2, 0.25) is 0 Å². The molecule has 1 aliphatic rings. The standard InChI is InChI=1S/C20H20FN5O4/c1-29-18-5-12(7-22-19(18)30-2)16-4-3-15-17(24-16)11-26(20(15)28)13-8-23-25(9-13)10-14(27)6-21/h3-5,7-9,14,27H,6,10-11H2,1-2H3. The lowest BCUT2D eigenvalue weighted by Gasteiger charge is -2.12. The Hall–Kier alpha value is -3.53. The smallest absolute Gasteiger partial charge is 0.260 e. The van der Waals surface area contributed by atoms with Gasteiger partial charge in [-0.1, -0.05) is 0 Å². The molecular formula is C20H20FN5O4. The summed E-state index contributed by atoms with van der Waals surface area (Å²) in [6.07, 6.45) is 3.60. The average molecular weight is 413 g/mol. The SMILES string of the molecule is COc1cc(-c2ccc3c(n2)CN(c2cnn(CC(O)CF)c2)C3=O)cnc1OC.